The molecule has 0 unspecified atom stereocenters. The van der Waals surface area contributed by atoms with E-state index in [0.717, 1.165) is 39.6 Å². The molecule has 0 aliphatic heterocycles. The summed E-state index contributed by atoms with van der Waals surface area (Å²) in [5.74, 6) is 0.488. The minimum Gasteiger partial charge on any atom is -0.292 e. The van der Waals surface area contributed by atoms with E-state index < -0.39 is 0 Å². The number of nitrogens with zero attached hydrogens (tertiary/aromatic N) is 2. The van der Waals surface area contributed by atoms with Gasteiger partial charge in [-0.3, -0.25) is 4.57 Å². The lowest BCUT2D eigenvalue weighted by molar-refractivity contribution is 0.627. The number of aromatic nitrogens is 2. The van der Waals surface area contributed by atoms with Crippen molar-refractivity contribution in [2.24, 2.45) is 0 Å². The van der Waals surface area contributed by atoms with Crippen LogP contribution in [0.3, 0.4) is 0 Å². The molecular formula is C27H18ClFN2. The first-order valence-corrected chi connectivity index (χ1v) is 10.3. The highest BCUT2D eigenvalue weighted by atomic mass is 35.5. The van der Waals surface area contributed by atoms with E-state index in [1.165, 1.54) is 12.1 Å². The number of imidazole rings is 1. The molecule has 0 atom stereocenters. The summed E-state index contributed by atoms with van der Waals surface area (Å²) < 4.78 is 15.8. The molecule has 1 heterocycles. The molecule has 5 rings (SSSR count). The molecule has 0 fully saturated rings. The van der Waals surface area contributed by atoms with Gasteiger partial charge in [0.2, 0.25) is 0 Å². The fraction of sp³-hybridized carbons (Fsp3) is 0. The van der Waals surface area contributed by atoms with Gasteiger partial charge in [0, 0.05) is 27.4 Å². The lowest BCUT2D eigenvalue weighted by Crippen LogP contribution is -2.00. The molecular weight excluding hydrogens is 407 g/mol. The Kier molecular flexibility index (Phi) is 5.11. The minimum atomic E-state index is -0.276. The molecule has 0 spiro atoms. The van der Waals surface area contributed by atoms with E-state index in [4.69, 9.17) is 16.6 Å². The molecule has 0 radical (unpaired) electrons. The minimum absolute atomic E-state index is 0.276. The Balaban J connectivity index is 1.87. The van der Waals surface area contributed by atoms with Crippen LogP contribution in [0.25, 0.3) is 39.6 Å². The van der Waals surface area contributed by atoms with Crippen LogP contribution in [0.2, 0.25) is 5.02 Å². The highest BCUT2D eigenvalue weighted by molar-refractivity contribution is 6.30. The third-order valence-electron chi connectivity index (χ3n) is 5.16. The van der Waals surface area contributed by atoms with Crippen LogP contribution >= 0.6 is 11.6 Å². The van der Waals surface area contributed by atoms with Crippen molar-refractivity contribution in [2.45, 2.75) is 0 Å². The smallest absolute Gasteiger partial charge is 0.145 e. The molecule has 150 valence electrons. The third-order valence-corrected chi connectivity index (χ3v) is 5.41. The maximum atomic E-state index is 13.7. The molecule has 4 heteroatoms. The summed E-state index contributed by atoms with van der Waals surface area (Å²) >= 11 is 6.13. The van der Waals surface area contributed by atoms with E-state index in [1.807, 2.05) is 60.7 Å². The Bertz CT molecular complexity index is 1310. The van der Waals surface area contributed by atoms with E-state index in [2.05, 4.69) is 28.8 Å². The zero-order chi connectivity index (χ0) is 21.2. The third kappa shape index (κ3) is 3.76. The maximum Gasteiger partial charge on any atom is 0.145 e. The lowest BCUT2D eigenvalue weighted by Gasteiger charge is -2.14. The van der Waals surface area contributed by atoms with Gasteiger partial charge in [0.1, 0.15) is 11.6 Å². The predicted octanol–water partition coefficient (Wildman–Crippen LogP) is 7.67. The summed E-state index contributed by atoms with van der Waals surface area (Å²) in [5, 5.41) is 0.662. The Labute approximate surface area is 185 Å². The second kappa shape index (κ2) is 8.21. The number of halogens is 2. The van der Waals surface area contributed by atoms with Crippen molar-refractivity contribution < 1.29 is 4.39 Å². The molecule has 5 aromatic rings. The molecule has 0 aliphatic carbocycles. The maximum absolute atomic E-state index is 13.7. The van der Waals surface area contributed by atoms with Gasteiger partial charge in [0.05, 0.1) is 11.4 Å². The van der Waals surface area contributed by atoms with Crippen molar-refractivity contribution in [1.29, 1.82) is 0 Å². The van der Waals surface area contributed by atoms with Gasteiger partial charge in [-0.2, -0.15) is 0 Å². The number of hydrogen-bond acceptors (Lipinski definition) is 1. The zero-order valence-electron chi connectivity index (χ0n) is 16.5. The van der Waals surface area contributed by atoms with Crippen LogP contribution in [0.5, 0.6) is 0 Å². The van der Waals surface area contributed by atoms with Gasteiger partial charge >= 0.3 is 0 Å². The van der Waals surface area contributed by atoms with E-state index in [1.54, 1.807) is 12.1 Å². The van der Waals surface area contributed by atoms with Crippen LogP contribution in [0.4, 0.5) is 4.39 Å². The van der Waals surface area contributed by atoms with Gasteiger partial charge in [0.25, 0.3) is 0 Å². The summed E-state index contributed by atoms with van der Waals surface area (Å²) in [6, 6.07) is 34.3. The van der Waals surface area contributed by atoms with Crippen molar-refractivity contribution >= 4 is 11.6 Å². The highest BCUT2D eigenvalue weighted by Crippen LogP contribution is 2.38. The summed E-state index contributed by atoms with van der Waals surface area (Å²) in [4.78, 5) is 5.08. The number of benzene rings is 4. The molecule has 1 aromatic heterocycles. The first-order chi connectivity index (χ1) is 15.2. The fourth-order valence-electron chi connectivity index (χ4n) is 3.71. The van der Waals surface area contributed by atoms with Crippen molar-refractivity contribution in [3.8, 4) is 39.6 Å². The van der Waals surface area contributed by atoms with Gasteiger partial charge < -0.3 is 0 Å². The summed E-state index contributed by atoms with van der Waals surface area (Å²) in [6.45, 7) is 0. The Hall–Kier alpha value is -3.69. The molecule has 0 N–H and O–H groups in total. The summed E-state index contributed by atoms with van der Waals surface area (Å²) in [7, 11) is 0. The zero-order valence-corrected chi connectivity index (χ0v) is 17.3. The molecule has 0 saturated heterocycles. The highest BCUT2D eigenvalue weighted by Gasteiger charge is 2.22. The van der Waals surface area contributed by atoms with Crippen LogP contribution in [-0.4, -0.2) is 9.55 Å². The van der Waals surface area contributed by atoms with Crippen molar-refractivity contribution in [2.75, 3.05) is 0 Å². The quantitative estimate of drug-likeness (QED) is 0.289. The Morgan fingerprint density at radius 3 is 1.81 bits per heavy atom. The average molecular weight is 425 g/mol. The van der Waals surface area contributed by atoms with E-state index in [0.29, 0.717) is 5.02 Å². The van der Waals surface area contributed by atoms with Gasteiger partial charge in [-0.25, -0.2) is 9.37 Å². The van der Waals surface area contributed by atoms with Crippen molar-refractivity contribution in [1.82, 2.24) is 9.55 Å². The van der Waals surface area contributed by atoms with Crippen LogP contribution in [0.15, 0.2) is 109 Å². The van der Waals surface area contributed by atoms with Gasteiger partial charge in [0.15, 0.2) is 0 Å². The second-order valence-electron chi connectivity index (χ2n) is 7.18. The van der Waals surface area contributed by atoms with E-state index in [9.17, 15) is 4.39 Å². The molecule has 31 heavy (non-hydrogen) atoms. The van der Waals surface area contributed by atoms with Crippen LogP contribution in [0, 0.1) is 5.82 Å². The SMILES string of the molecule is Fc1ccc(-n2c(-c3ccc(Cl)cc3)nc(-c3ccccc3)c2-c2ccccc2)cc1. The molecule has 0 aliphatic rings. The average Bonchev–Trinajstić information content (AvgIpc) is 3.22. The Morgan fingerprint density at radius 2 is 1.19 bits per heavy atom. The molecule has 0 amide bonds. The molecule has 4 aromatic carbocycles. The molecule has 0 bridgehead atoms. The first kappa shape index (κ1) is 19.3. The van der Waals surface area contributed by atoms with Gasteiger partial charge in [-0.1, -0.05) is 72.3 Å². The van der Waals surface area contributed by atoms with E-state index in [-0.39, 0.29) is 5.82 Å². The largest absolute Gasteiger partial charge is 0.292 e. The van der Waals surface area contributed by atoms with Crippen molar-refractivity contribution in [3.05, 3.63) is 120 Å². The molecule has 2 nitrogen and oxygen atoms in total. The number of hydrogen-bond donors (Lipinski definition) is 0. The lowest BCUT2D eigenvalue weighted by atomic mass is 10.0. The van der Waals surface area contributed by atoms with Gasteiger partial charge in [-0.05, 0) is 48.5 Å². The molecule has 0 saturated carbocycles. The summed E-state index contributed by atoms with van der Waals surface area (Å²) in [5.41, 5.74) is 5.60. The Morgan fingerprint density at radius 1 is 0.613 bits per heavy atom. The fourth-order valence-corrected chi connectivity index (χ4v) is 3.84. The standard InChI is InChI=1S/C27H18ClFN2/c28-22-13-11-21(12-14-22)27-30-25(19-7-3-1-4-8-19)26(20-9-5-2-6-10-20)31(27)24-17-15-23(29)16-18-24/h1-18H. The van der Waals surface area contributed by atoms with E-state index >= 15 is 0 Å². The summed E-state index contributed by atoms with van der Waals surface area (Å²) in [6.07, 6.45) is 0. The number of rotatable bonds is 4. The predicted molar refractivity (Wildman–Crippen MR) is 125 cm³/mol. The first-order valence-electron chi connectivity index (χ1n) is 9.96. The topological polar surface area (TPSA) is 17.8 Å². The monoisotopic (exact) mass is 424 g/mol. The van der Waals surface area contributed by atoms with Crippen molar-refractivity contribution in [3.63, 3.8) is 0 Å². The normalized spacial score (nSPS) is 10.9. The van der Waals surface area contributed by atoms with Crippen LogP contribution in [-0.2, 0) is 0 Å². The van der Waals surface area contributed by atoms with Crippen LogP contribution in [0.1, 0.15) is 0 Å². The second-order valence-corrected chi connectivity index (χ2v) is 7.62. The van der Waals surface area contributed by atoms with Gasteiger partial charge in [-0.15, -0.1) is 0 Å². The van der Waals surface area contributed by atoms with Crippen LogP contribution < -0.4 is 0 Å².